The topological polar surface area (TPSA) is 18.5 Å². The van der Waals surface area contributed by atoms with E-state index >= 15 is 0 Å². The van der Waals surface area contributed by atoms with Crippen LogP contribution >= 0.6 is 23.2 Å². The maximum atomic E-state index is 6.75. The number of halogens is 2. The Hall–Kier alpha value is 0.994. The molecule has 0 aromatic rings. The van der Waals surface area contributed by atoms with E-state index in [0.29, 0.717) is 0 Å². The molecule has 0 heterocycles. The van der Waals surface area contributed by atoms with Gasteiger partial charge in [0.25, 0.3) is 0 Å². The summed E-state index contributed by atoms with van der Waals surface area (Å²) in [6.45, 7) is 22.2. The van der Waals surface area contributed by atoms with E-state index in [1.807, 2.05) is 0 Å². The zero-order chi connectivity index (χ0) is 22.3. The third-order valence-corrected chi connectivity index (χ3v) is 10.8. The molecule has 2 unspecified atom stereocenters. The predicted molar refractivity (Wildman–Crippen MR) is 137 cm³/mol. The summed E-state index contributed by atoms with van der Waals surface area (Å²) in [6, 6.07) is 0. The van der Waals surface area contributed by atoms with Crippen LogP contribution in [0, 0.1) is 0 Å². The largest absolute Gasteiger partial charge is 0.411 e. The summed E-state index contributed by atoms with van der Waals surface area (Å²) in [4.78, 5) is 0. The van der Waals surface area contributed by atoms with Gasteiger partial charge in [-0.2, -0.15) is 0 Å². The van der Waals surface area contributed by atoms with Crippen molar-refractivity contribution >= 4 is 49.4 Å². The molecule has 0 fully saturated rings. The first-order chi connectivity index (χ1) is 13.1. The van der Waals surface area contributed by atoms with E-state index in [-0.39, 0.29) is 38.4 Å². The van der Waals surface area contributed by atoms with Crippen molar-refractivity contribution in [1.29, 1.82) is 0 Å². The first-order valence-electron chi connectivity index (χ1n) is 10.6. The van der Waals surface area contributed by atoms with Crippen LogP contribution in [0.25, 0.3) is 0 Å². The van der Waals surface area contributed by atoms with Crippen molar-refractivity contribution in [2.24, 2.45) is 0 Å². The Balaban J connectivity index is 0.00000450. The van der Waals surface area contributed by atoms with Crippen molar-refractivity contribution in [1.82, 2.24) is 0 Å². The summed E-state index contributed by atoms with van der Waals surface area (Å²) in [6.07, 6.45) is 1.82. The Morgan fingerprint density at radius 2 is 1.03 bits per heavy atom. The molecule has 0 radical (unpaired) electrons. The third kappa shape index (κ3) is 7.51. The molecular formula is C22H38Cl2O2Si3Zr. The Morgan fingerprint density at radius 1 is 0.733 bits per heavy atom. The van der Waals surface area contributed by atoms with Gasteiger partial charge in [-0.05, 0) is 78.1 Å². The van der Waals surface area contributed by atoms with E-state index in [4.69, 9.17) is 32.1 Å². The number of hydrogen-bond donors (Lipinski definition) is 0. The number of allylic oxidation sites excluding steroid dienone is 4. The molecule has 0 amide bonds. The Bertz CT molecular complexity index is 736. The quantitative estimate of drug-likeness (QED) is 0.289. The first-order valence-corrected chi connectivity index (χ1v) is 19.6. The summed E-state index contributed by atoms with van der Waals surface area (Å²) in [5.41, 5.74) is 5.31. The molecule has 2 atom stereocenters. The monoisotopic (exact) mass is 578 g/mol. The maximum absolute atomic E-state index is 6.75. The van der Waals surface area contributed by atoms with Crippen LogP contribution in [0.1, 0.15) is 40.5 Å². The summed E-state index contributed by atoms with van der Waals surface area (Å²) < 4.78 is 12.9. The fraction of sp³-hybridized carbons (Fsp3) is 0.636. The van der Waals surface area contributed by atoms with Gasteiger partial charge in [-0.15, -0.1) is 0 Å². The van der Waals surface area contributed by atoms with E-state index in [9.17, 15) is 0 Å². The molecule has 30 heavy (non-hydrogen) atoms. The molecule has 0 saturated carbocycles. The van der Waals surface area contributed by atoms with E-state index in [2.05, 4.69) is 67.0 Å². The maximum Gasteiger partial charge on any atom is 0.184 e. The molecule has 0 aromatic heterocycles. The molecule has 8 heteroatoms. The minimum Gasteiger partial charge on any atom is -0.411 e. The molecule has 0 N–H and O–H groups in total. The smallest absolute Gasteiger partial charge is 0.184 e. The minimum absolute atomic E-state index is 0. The van der Waals surface area contributed by atoms with Crippen LogP contribution in [0.5, 0.6) is 0 Å². The van der Waals surface area contributed by atoms with Gasteiger partial charge in [0, 0.05) is 49.1 Å². The van der Waals surface area contributed by atoms with Crippen molar-refractivity contribution in [3.05, 3.63) is 42.7 Å². The van der Waals surface area contributed by atoms with Gasteiger partial charge in [0.15, 0.2) is 16.6 Å². The van der Waals surface area contributed by atoms with Gasteiger partial charge in [-0.3, -0.25) is 0 Å². The van der Waals surface area contributed by atoms with Gasteiger partial charge in [0.1, 0.15) is 0 Å². The van der Waals surface area contributed by atoms with Crippen LogP contribution in [-0.2, 0) is 35.1 Å². The van der Waals surface area contributed by atoms with Crippen molar-refractivity contribution in [3.8, 4) is 0 Å². The van der Waals surface area contributed by atoms with Crippen molar-refractivity contribution in [2.45, 2.75) is 92.0 Å². The van der Waals surface area contributed by atoms with Crippen molar-refractivity contribution in [2.75, 3.05) is 0 Å². The normalized spacial score (nSPS) is 20.8. The average Bonchev–Trinajstić information content (AvgIpc) is 2.91. The second kappa shape index (κ2) is 10.9. The molecule has 2 rings (SSSR count). The van der Waals surface area contributed by atoms with Crippen molar-refractivity contribution in [3.63, 3.8) is 0 Å². The fourth-order valence-corrected chi connectivity index (χ4v) is 10.5. The second-order valence-electron chi connectivity index (χ2n) is 10.4. The van der Waals surface area contributed by atoms with Gasteiger partial charge < -0.3 is 8.85 Å². The third-order valence-electron chi connectivity index (χ3n) is 5.33. The van der Waals surface area contributed by atoms with Gasteiger partial charge in [-0.1, -0.05) is 44.7 Å². The molecule has 2 aliphatic carbocycles. The predicted octanol–water partition coefficient (Wildman–Crippen LogP) is 6.97. The fourth-order valence-electron chi connectivity index (χ4n) is 4.44. The van der Waals surface area contributed by atoms with Crippen LogP contribution in [0.15, 0.2) is 42.7 Å². The molecule has 0 aromatic carbocycles. The standard InChI is InChI=1S/C22H38Cl2O2Si3.Zr/c1-13-11-17(23)19(15(3)25-28(5,6)7)21(13)27-22-14(2)12-18(24)20(22)16(4)26-29(8,9)10;/h15-16H,11-12,27H2,1-10H3;. The number of hydrogen-bond acceptors (Lipinski definition) is 2. The molecule has 0 spiro atoms. The van der Waals surface area contributed by atoms with Crippen molar-refractivity contribution < 1.29 is 35.1 Å². The molecule has 0 bridgehead atoms. The molecular weight excluding hydrogens is 543 g/mol. The van der Waals surface area contributed by atoms with Crippen LogP contribution in [0.3, 0.4) is 0 Å². The van der Waals surface area contributed by atoms with Crippen LogP contribution in [0.2, 0.25) is 39.3 Å². The summed E-state index contributed by atoms with van der Waals surface area (Å²) >= 11 is 13.5. The molecule has 0 saturated heterocycles. The molecule has 2 aliphatic rings. The Kier molecular flexibility index (Phi) is 10.6. The van der Waals surface area contributed by atoms with Gasteiger partial charge in [0.2, 0.25) is 0 Å². The zero-order valence-electron chi connectivity index (χ0n) is 20.3. The summed E-state index contributed by atoms with van der Waals surface area (Å²) in [5.74, 6) is 0. The minimum atomic E-state index is -1.65. The Morgan fingerprint density at radius 3 is 1.30 bits per heavy atom. The van der Waals surface area contributed by atoms with Crippen LogP contribution in [-0.4, -0.2) is 38.4 Å². The molecule has 0 aliphatic heterocycles. The molecule has 2 nitrogen and oxygen atoms in total. The average molecular weight is 581 g/mol. The van der Waals surface area contributed by atoms with Crippen LogP contribution in [0.4, 0.5) is 0 Å². The van der Waals surface area contributed by atoms with Gasteiger partial charge in [0.05, 0.1) is 21.7 Å². The Labute approximate surface area is 217 Å². The van der Waals surface area contributed by atoms with E-state index in [1.165, 1.54) is 32.7 Å². The van der Waals surface area contributed by atoms with Gasteiger partial charge >= 0.3 is 0 Å². The van der Waals surface area contributed by atoms with Crippen LogP contribution < -0.4 is 0 Å². The summed E-state index contributed by atoms with van der Waals surface area (Å²) in [7, 11) is -4.04. The van der Waals surface area contributed by atoms with Gasteiger partial charge in [-0.25, -0.2) is 0 Å². The SMILES string of the molecule is CC1=C([SiH2]C2=C(C)CC(Cl)=C2C(C)O[Si](C)(C)C)C(C(C)O[Si](C)(C)C)=C(Cl)C1.[Zr]. The molecule has 168 valence electrons. The van der Waals surface area contributed by atoms with E-state index < -0.39 is 26.2 Å². The second-order valence-corrected chi connectivity index (χ2v) is 22.0. The summed E-state index contributed by atoms with van der Waals surface area (Å²) in [5, 5.41) is 4.88. The number of rotatable bonds is 8. The van der Waals surface area contributed by atoms with E-state index in [1.54, 1.807) is 0 Å². The van der Waals surface area contributed by atoms with E-state index in [0.717, 1.165) is 22.9 Å². The first kappa shape index (κ1) is 29.0. The zero-order valence-corrected chi connectivity index (χ0v) is 27.7.